The van der Waals surface area contributed by atoms with Crippen LogP contribution in [0, 0.1) is 0 Å². The molecule has 0 aliphatic heterocycles. The van der Waals surface area contributed by atoms with Crippen LogP contribution in [-0.4, -0.2) is 14.5 Å². The van der Waals surface area contributed by atoms with Crippen molar-refractivity contribution in [3.8, 4) is 22.6 Å². The van der Waals surface area contributed by atoms with Gasteiger partial charge in [0, 0.05) is 36.6 Å². The molecule has 0 aromatic carbocycles. The van der Waals surface area contributed by atoms with Gasteiger partial charge in [-0.15, -0.1) is 17.0 Å². The minimum absolute atomic E-state index is 0. The number of hydrogen-bond donors (Lipinski definition) is 1. The summed E-state index contributed by atoms with van der Waals surface area (Å²) in [5.74, 6) is 0.771. The van der Waals surface area contributed by atoms with E-state index in [-0.39, 0.29) is 28.5 Å². The molecule has 3 aromatic heterocycles. The van der Waals surface area contributed by atoms with Gasteiger partial charge >= 0.3 is 0 Å². The van der Waals surface area contributed by atoms with Crippen molar-refractivity contribution in [1.82, 2.24) is 14.5 Å². The molecule has 0 amide bonds. The van der Waals surface area contributed by atoms with E-state index < -0.39 is 0 Å². The first-order chi connectivity index (χ1) is 9.65. The van der Waals surface area contributed by atoms with Gasteiger partial charge in [-0.3, -0.25) is 4.79 Å². The third kappa shape index (κ3) is 2.87. The van der Waals surface area contributed by atoms with Crippen LogP contribution in [-0.2, 0) is 7.05 Å². The number of nitrogens with zero attached hydrogens (tertiary/aromatic N) is 3. The number of nitrogen functional groups attached to an aromatic ring is 1. The monoisotopic (exact) mass is 348 g/mol. The summed E-state index contributed by atoms with van der Waals surface area (Å²) in [4.78, 5) is 19.7. The van der Waals surface area contributed by atoms with Gasteiger partial charge < -0.3 is 14.7 Å². The third-order valence-corrected chi connectivity index (χ3v) is 2.96. The van der Waals surface area contributed by atoms with E-state index in [1.807, 2.05) is 0 Å². The van der Waals surface area contributed by atoms with Crippen molar-refractivity contribution in [2.45, 2.75) is 0 Å². The molecule has 0 spiro atoms. The van der Waals surface area contributed by atoms with Gasteiger partial charge in [0.25, 0.3) is 0 Å². The topological polar surface area (TPSA) is 86.9 Å². The average Bonchev–Trinajstić information content (AvgIpc) is 2.96. The molecule has 7 heteroatoms. The number of aromatic nitrogens is 3. The van der Waals surface area contributed by atoms with Crippen molar-refractivity contribution in [3.63, 3.8) is 0 Å². The fraction of sp³-hybridized carbons (Fsp3) is 0.0714. The first kappa shape index (κ1) is 15.0. The van der Waals surface area contributed by atoms with Gasteiger partial charge in [-0.1, -0.05) is 0 Å². The molecule has 0 aliphatic rings. The lowest BCUT2D eigenvalue weighted by Crippen LogP contribution is -2.14. The van der Waals surface area contributed by atoms with Crippen molar-refractivity contribution in [2.75, 3.05) is 5.73 Å². The van der Waals surface area contributed by atoms with Crippen LogP contribution in [0.5, 0.6) is 0 Å². The Morgan fingerprint density at radius 3 is 2.76 bits per heavy atom. The van der Waals surface area contributed by atoms with Gasteiger partial charge in [0.2, 0.25) is 11.5 Å². The first-order valence-corrected chi connectivity index (χ1v) is 5.98. The minimum atomic E-state index is -0.0790. The molecule has 3 rings (SSSR count). The molecule has 0 atom stereocenters. The highest BCUT2D eigenvalue weighted by Gasteiger charge is 2.13. The van der Waals surface area contributed by atoms with E-state index in [0.29, 0.717) is 11.5 Å². The van der Waals surface area contributed by atoms with Crippen molar-refractivity contribution < 1.29 is 4.42 Å². The van der Waals surface area contributed by atoms with E-state index in [0.717, 1.165) is 11.1 Å². The second-order valence-corrected chi connectivity index (χ2v) is 4.33. The molecular weight excluding hydrogens is 336 g/mol. The highest BCUT2D eigenvalue weighted by Crippen LogP contribution is 2.29. The maximum Gasteiger partial charge on any atom is 0.250 e. The summed E-state index contributed by atoms with van der Waals surface area (Å²) in [5, 5.41) is 0. The van der Waals surface area contributed by atoms with Crippen LogP contribution in [0.3, 0.4) is 0 Å². The number of rotatable bonds is 2. The molecule has 0 fully saturated rings. The van der Waals surface area contributed by atoms with Gasteiger partial charge in [0.1, 0.15) is 5.69 Å². The molecule has 3 aromatic rings. The zero-order valence-corrected chi connectivity index (χ0v) is 12.9. The Bertz CT molecular complexity index is 812. The molecule has 2 N–H and O–H groups in total. The molecule has 108 valence electrons. The Morgan fingerprint density at radius 2 is 2.10 bits per heavy atom. The zero-order chi connectivity index (χ0) is 14.1. The lowest BCUT2D eigenvalue weighted by Gasteiger charge is -2.08. The molecular formula is C14H13BrN4O2. The summed E-state index contributed by atoms with van der Waals surface area (Å²) >= 11 is 0. The Hall–Kier alpha value is -2.41. The number of furan rings is 1. The van der Waals surface area contributed by atoms with Gasteiger partial charge in [0.15, 0.2) is 5.76 Å². The number of hydrogen-bond acceptors (Lipinski definition) is 5. The van der Waals surface area contributed by atoms with Crippen LogP contribution in [0.1, 0.15) is 0 Å². The minimum Gasteiger partial charge on any atom is -0.463 e. The smallest absolute Gasteiger partial charge is 0.250 e. The largest absolute Gasteiger partial charge is 0.463 e. The van der Waals surface area contributed by atoms with Crippen molar-refractivity contribution in [1.29, 1.82) is 0 Å². The Labute approximate surface area is 131 Å². The van der Waals surface area contributed by atoms with Gasteiger partial charge in [-0.25, -0.2) is 9.97 Å². The fourth-order valence-electron chi connectivity index (χ4n) is 1.96. The van der Waals surface area contributed by atoms with Gasteiger partial charge in [-0.05, 0) is 18.2 Å². The number of pyridine rings is 1. The van der Waals surface area contributed by atoms with E-state index in [9.17, 15) is 4.79 Å². The van der Waals surface area contributed by atoms with Gasteiger partial charge in [-0.2, -0.15) is 0 Å². The molecule has 6 nitrogen and oxygen atoms in total. The van der Waals surface area contributed by atoms with Crippen LogP contribution < -0.4 is 11.3 Å². The molecule has 0 saturated carbocycles. The number of aryl methyl sites for hydroxylation is 1. The Morgan fingerprint density at radius 1 is 1.29 bits per heavy atom. The third-order valence-electron chi connectivity index (χ3n) is 2.96. The van der Waals surface area contributed by atoms with E-state index in [1.165, 1.54) is 10.6 Å². The number of halogens is 1. The predicted octanol–water partition coefficient (Wildman–Crippen LogP) is 2.26. The van der Waals surface area contributed by atoms with Crippen molar-refractivity contribution in [3.05, 3.63) is 53.3 Å². The summed E-state index contributed by atoms with van der Waals surface area (Å²) in [6.07, 6.45) is 4.92. The molecule has 0 bridgehead atoms. The second kappa shape index (κ2) is 5.92. The lowest BCUT2D eigenvalue weighted by molar-refractivity contribution is 0.580. The van der Waals surface area contributed by atoms with Crippen molar-refractivity contribution >= 4 is 22.9 Å². The molecule has 0 radical (unpaired) electrons. The maximum atomic E-state index is 11.5. The molecule has 0 unspecified atom stereocenters. The summed E-state index contributed by atoms with van der Waals surface area (Å²) in [6.45, 7) is 0. The zero-order valence-electron chi connectivity index (χ0n) is 11.2. The fourth-order valence-corrected chi connectivity index (χ4v) is 1.96. The maximum absolute atomic E-state index is 11.5. The number of nitrogens with two attached hydrogens (primary N) is 1. The van der Waals surface area contributed by atoms with E-state index in [2.05, 4.69) is 9.97 Å². The number of anilines is 1. The van der Waals surface area contributed by atoms with E-state index in [1.54, 1.807) is 43.9 Å². The average molecular weight is 349 g/mol. The normalized spacial score (nSPS) is 10.1. The summed E-state index contributed by atoms with van der Waals surface area (Å²) in [6, 6.07) is 6.80. The Balaban J connectivity index is 0.00000161. The van der Waals surface area contributed by atoms with E-state index >= 15 is 0 Å². The van der Waals surface area contributed by atoms with Gasteiger partial charge in [0.05, 0.1) is 6.26 Å². The summed E-state index contributed by atoms with van der Waals surface area (Å²) in [5.41, 5.74) is 7.74. The molecule has 3 heterocycles. The second-order valence-electron chi connectivity index (χ2n) is 4.33. The van der Waals surface area contributed by atoms with Crippen LogP contribution in [0.4, 0.5) is 5.95 Å². The summed E-state index contributed by atoms with van der Waals surface area (Å²) < 4.78 is 6.87. The predicted molar refractivity (Wildman–Crippen MR) is 85.1 cm³/mol. The standard InChI is InChI=1S/C14H12N4O2.BrH/c1-18-8-9(4-5-12(18)19)10-7-16-14(15)17-13(10)11-3-2-6-20-11;/h2-8H,1H3,(H2,15,16,17);1H. The van der Waals surface area contributed by atoms with Crippen LogP contribution in [0.15, 0.2) is 52.1 Å². The Kier molecular flexibility index (Phi) is 4.23. The van der Waals surface area contributed by atoms with Crippen LogP contribution in [0.25, 0.3) is 22.6 Å². The van der Waals surface area contributed by atoms with E-state index in [4.69, 9.17) is 10.2 Å². The molecule has 21 heavy (non-hydrogen) atoms. The molecule has 0 aliphatic carbocycles. The highest BCUT2D eigenvalue weighted by atomic mass is 79.9. The van der Waals surface area contributed by atoms with Crippen LogP contribution in [0.2, 0.25) is 0 Å². The first-order valence-electron chi connectivity index (χ1n) is 5.98. The SMILES string of the molecule is Br.Cn1cc(-c2cnc(N)nc2-c2ccco2)ccc1=O. The lowest BCUT2D eigenvalue weighted by atomic mass is 10.1. The highest BCUT2D eigenvalue weighted by molar-refractivity contribution is 8.93. The quantitative estimate of drug-likeness (QED) is 0.767. The van der Waals surface area contributed by atoms with Crippen LogP contribution >= 0.6 is 17.0 Å². The molecule has 0 saturated heterocycles. The summed E-state index contributed by atoms with van der Waals surface area (Å²) in [7, 11) is 1.69. The van der Waals surface area contributed by atoms with Crippen molar-refractivity contribution in [2.24, 2.45) is 7.05 Å².